The van der Waals surface area contributed by atoms with Gasteiger partial charge in [0.25, 0.3) is 0 Å². The number of carbonyl (C=O) groups is 1. The summed E-state index contributed by atoms with van der Waals surface area (Å²) in [7, 11) is -2.79. The largest absolute Gasteiger partial charge is 0.442 e. The van der Waals surface area contributed by atoms with Crippen LogP contribution < -0.4 is 5.73 Å². The highest BCUT2D eigenvalue weighted by atomic mass is 35.5. The molecule has 0 saturated carbocycles. The van der Waals surface area contributed by atoms with Crippen molar-refractivity contribution in [3.8, 4) is 0 Å². The summed E-state index contributed by atoms with van der Waals surface area (Å²) in [6.45, 7) is 5.36. The fourth-order valence-corrected chi connectivity index (χ4v) is 3.41. The van der Waals surface area contributed by atoms with Gasteiger partial charge in [-0.2, -0.15) is 0 Å². The first-order valence-electron chi connectivity index (χ1n) is 6.53. The SMILES string of the molecule is CC(C)(C)OC(=O)N=S(=O)(CCN)Cc1ccc(Cl)cc1. The van der Waals surface area contributed by atoms with Crippen molar-refractivity contribution in [2.45, 2.75) is 32.1 Å². The van der Waals surface area contributed by atoms with Gasteiger partial charge in [0.1, 0.15) is 5.60 Å². The molecule has 1 aromatic rings. The molecule has 0 fully saturated rings. The number of hydrogen-bond acceptors (Lipinski definition) is 4. The van der Waals surface area contributed by atoms with Crippen molar-refractivity contribution in [3.05, 3.63) is 34.9 Å². The molecule has 0 aromatic heterocycles. The summed E-state index contributed by atoms with van der Waals surface area (Å²) in [5, 5.41) is 0.591. The molecular weight excluding hydrogens is 312 g/mol. The van der Waals surface area contributed by atoms with E-state index in [4.69, 9.17) is 22.1 Å². The average Bonchev–Trinajstić information content (AvgIpc) is 2.29. The first-order valence-corrected chi connectivity index (χ1v) is 8.77. The summed E-state index contributed by atoms with van der Waals surface area (Å²) in [5.41, 5.74) is 5.59. The molecule has 2 N–H and O–H groups in total. The second-order valence-corrected chi connectivity index (χ2v) is 8.47. The molecule has 5 nitrogen and oxygen atoms in total. The topological polar surface area (TPSA) is 81.8 Å². The monoisotopic (exact) mass is 332 g/mol. The maximum atomic E-state index is 12.8. The number of rotatable bonds is 4. The summed E-state index contributed by atoms with van der Waals surface area (Å²) in [4.78, 5) is 11.8. The number of halogens is 1. The molecule has 0 aliphatic carbocycles. The van der Waals surface area contributed by atoms with E-state index in [-0.39, 0.29) is 18.1 Å². The summed E-state index contributed by atoms with van der Waals surface area (Å²) < 4.78 is 21.6. The van der Waals surface area contributed by atoms with E-state index in [0.29, 0.717) is 5.02 Å². The van der Waals surface area contributed by atoms with Gasteiger partial charge >= 0.3 is 6.09 Å². The fraction of sp³-hybridized carbons (Fsp3) is 0.500. The van der Waals surface area contributed by atoms with Crippen LogP contribution in [0.5, 0.6) is 0 Å². The van der Waals surface area contributed by atoms with Gasteiger partial charge in [0.15, 0.2) is 0 Å². The van der Waals surface area contributed by atoms with Gasteiger partial charge in [-0.3, -0.25) is 0 Å². The standard InChI is InChI=1S/C14H21ClN2O3S/c1-14(2,3)20-13(18)17-21(19,9-8-16)10-11-4-6-12(15)7-5-11/h4-7H,8-10,16H2,1-3H3. The van der Waals surface area contributed by atoms with Crippen LogP contribution in [0.1, 0.15) is 26.3 Å². The summed E-state index contributed by atoms with van der Waals surface area (Å²) in [5.74, 6) is 0.273. The molecule has 0 saturated heterocycles. The smallest absolute Gasteiger partial charge is 0.442 e. The predicted octanol–water partition coefficient (Wildman–Crippen LogP) is 3.20. The maximum absolute atomic E-state index is 12.8. The van der Waals surface area contributed by atoms with E-state index in [1.54, 1.807) is 45.0 Å². The Morgan fingerprint density at radius 3 is 2.38 bits per heavy atom. The van der Waals surface area contributed by atoms with E-state index in [1.807, 2.05) is 0 Å². The molecule has 1 unspecified atom stereocenters. The molecule has 1 aromatic carbocycles. The molecule has 118 valence electrons. The number of nitrogens with zero attached hydrogens (tertiary/aromatic N) is 1. The minimum atomic E-state index is -2.79. The Morgan fingerprint density at radius 2 is 1.90 bits per heavy atom. The van der Waals surface area contributed by atoms with Gasteiger partial charge in [-0.25, -0.2) is 9.00 Å². The second kappa shape index (κ2) is 7.24. The lowest BCUT2D eigenvalue weighted by atomic mass is 10.2. The molecule has 21 heavy (non-hydrogen) atoms. The van der Waals surface area contributed by atoms with Gasteiger partial charge in [0.2, 0.25) is 0 Å². The van der Waals surface area contributed by atoms with E-state index >= 15 is 0 Å². The molecule has 0 heterocycles. The van der Waals surface area contributed by atoms with Crippen LogP contribution >= 0.6 is 11.6 Å². The zero-order valence-electron chi connectivity index (χ0n) is 12.5. The van der Waals surface area contributed by atoms with Crippen LogP contribution in [-0.4, -0.2) is 28.2 Å². The third kappa shape index (κ3) is 6.93. The van der Waals surface area contributed by atoms with Gasteiger partial charge in [-0.1, -0.05) is 23.7 Å². The van der Waals surface area contributed by atoms with Gasteiger partial charge in [-0.15, -0.1) is 4.36 Å². The Balaban J connectivity index is 2.99. The first kappa shape index (κ1) is 17.9. The van der Waals surface area contributed by atoms with Crippen molar-refractivity contribution in [1.82, 2.24) is 0 Å². The normalized spacial score (nSPS) is 14.3. The lowest BCUT2D eigenvalue weighted by Gasteiger charge is -2.18. The Bertz CT molecular complexity index is 600. The van der Waals surface area contributed by atoms with Crippen LogP contribution in [0.4, 0.5) is 4.79 Å². The third-order valence-electron chi connectivity index (χ3n) is 2.38. The highest BCUT2D eigenvalue weighted by Gasteiger charge is 2.19. The Kier molecular flexibility index (Phi) is 6.19. The number of hydrogen-bond donors (Lipinski definition) is 1. The Labute approximate surface area is 131 Å². The van der Waals surface area contributed by atoms with Crippen molar-refractivity contribution in [1.29, 1.82) is 0 Å². The summed E-state index contributed by atoms with van der Waals surface area (Å²) >= 11 is 5.81. The Hall–Kier alpha value is -1.11. The number of ether oxygens (including phenoxy) is 1. The molecule has 1 atom stereocenters. The van der Waals surface area contributed by atoms with Crippen LogP contribution in [0.25, 0.3) is 0 Å². The first-order chi connectivity index (χ1) is 9.63. The highest BCUT2D eigenvalue weighted by Crippen LogP contribution is 2.15. The molecule has 0 bridgehead atoms. The van der Waals surface area contributed by atoms with Gasteiger partial charge in [0, 0.05) is 17.3 Å². The zero-order valence-corrected chi connectivity index (χ0v) is 14.0. The van der Waals surface area contributed by atoms with Crippen LogP contribution in [0, 0.1) is 0 Å². The third-order valence-corrected chi connectivity index (χ3v) is 4.77. The van der Waals surface area contributed by atoms with E-state index in [0.717, 1.165) is 5.56 Å². The van der Waals surface area contributed by atoms with Crippen LogP contribution in [0.3, 0.4) is 0 Å². The lowest BCUT2D eigenvalue weighted by molar-refractivity contribution is 0.0607. The molecule has 0 aliphatic heterocycles. The van der Waals surface area contributed by atoms with E-state index in [9.17, 15) is 9.00 Å². The maximum Gasteiger partial charge on any atom is 0.442 e. The average molecular weight is 333 g/mol. The van der Waals surface area contributed by atoms with E-state index in [2.05, 4.69) is 4.36 Å². The van der Waals surface area contributed by atoms with Crippen molar-refractivity contribution < 1.29 is 13.7 Å². The van der Waals surface area contributed by atoms with Crippen molar-refractivity contribution >= 4 is 27.4 Å². The van der Waals surface area contributed by atoms with E-state index in [1.165, 1.54) is 0 Å². The van der Waals surface area contributed by atoms with Gasteiger partial charge < -0.3 is 10.5 Å². The van der Waals surface area contributed by atoms with Crippen LogP contribution in [-0.2, 0) is 20.2 Å². The number of amides is 1. The van der Waals surface area contributed by atoms with Crippen molar-refractivity contribution in [3.63, 3.8) is 0 Å². The lowest BCUT2D eigenvalue weighted by Crippen LogP contribution is -2.24. The Morgan fingerprint density at radius 1 is 1.33 bits per heavy atom. The van der Waals surface area contributed by atoms with Gasteiger partial charge in [-0.05, 0) is 38.5 Å². The molecule has 1 amide bonds. The summed E-state index contributed by atoms with van der Waals surface area (Å²) in [6, 6.07) is 6.91. The molecule has 0 aliphatic rings. The molecule has 0 spiro atoms. The summed E-state index contributed by atoms with van der Waals surface area (Å²) in [6.07, 6.45) is -0.824. The fourth-order valence-electron chi connectivity index (χ4n) is 1.59. The van der Waals surface area contributed by atoms with Crippen molar-refractivity contribution in [2.75, 3.05) is 12.3 Å². The number of benzene rings is 1. The second-order valence-electron chi connectivity index (χ2n) is 5.61. The predicted molar refractivity (Wildman–Crippen MR) is 85.9 cm³/mol. The minimum absolute atomic E-state index is 0.134. The molecule has 7 heteroatoms. The molecular formula is C14H21ClN2O3S. The zero-order chi connectivity index (χ0) is 16.1. The number of nitrogens with two attached hydrogens (primary N) is 1. The number of carbonyl (C=O) groups excluding carboxylic acids is 1. The van der Waals surface area contributed by atoms with E-state index < -0.39 is 21.4 Å². The van der Waals surface area contributed by atoms with Crippen LogP contribution in [0.15, 0.2) is 28.6 Å². The quantitative estimate of drug-likeness (QED) is 0.917. The van der Waals surface area contributed by atoms with Gasteiger partial charge in [0.05, 0.1) is 15.5 Å². The molecule has 1 rings (SSSR count). The minimum Gasteiger partial charge on any atom is -0.442 e. The van der Waals surface area contributed by atoms with Crippen LogP contribution in [0.2, 0.25) is 5.02 Å². The highest BCUT2D eigenvalue weighted by molar-refractivity contribution is 7.93. The molecule has 0 radical (unpaired) electrons. The van der Waals surface area contributed by atoms with Crippen molar-refractivity contribution in [2.24, 2.45) is 10.1 Å².